The summed E-state index contributed by atoms with van der Waals surface area (Å²) in [4.78, 5) is 11.4. The van der Waals surface area contributed by atoms with Crippen molar-refractivity contribution in [3.8, 4) is 0 Å². The van der Waals surface area contributed by atoms with E-state index in [0.29, 0.717) is 11.3 Å². The molecule has 1 unspecified atom stereocenters. The zero-order valence-electron chi connectivity index (χ0n) is 9.99. The average molecular weight is 265 g/mol. The maximum absolute atomic E-state index is 12.7. The zero-order valence-corrected chi connectivity index (χ0v) is 9.99. The summed E-state index contributed by atoms with van der Waals surface area (Å²) in [5.74, 6) is -0.953. The molecule has 1 atom stereocenters. The van der Waals surface area contributed by atoms with Crippen LogP contribution in [0.2, 0.25) is 0 Å². The molecule has 0 bridgehead atoms. The first-order valence-corrected chi connectivity index (χ1v) is 5.23. The third-order valence-electron chi connectivity index (χ3n) is 2.66. The van der Waals surface area contributed by atoms with Crippen molar-refractivity contribution in [2.24, 2.45) is 0 Å². The van der Waals surface area contributed by atoms with E-state index in [0.717, 1.165) is 4.90 Å². The Morgan fingerprint density at radius 3 is 2.56 bits per heavy atom. The topological polar surface area (TPSA) is 53.7 Å². The fourth-order valence-electron chi connectivity index (χ4n) is 1.64. The quantitative estimate of drug-likeness (QED) is 0.888. The molecule has 0 aliphatic rings. The molecule has 0 amide bonds. The van der Waals surface area contributed by atoms with Crippen molar-refractivity contribution in [3.05, 3.63) is 23.7 Å². The highest BCUT2D eigenvalue weighted by Gasteiger charge is 2.43. The molecular formula is C11H14F3NO3. The van der Waals surface area contributed by atoms with Gasteiger partial charge in [-0.15, -0.1) is 0 Å². The van der Waals surface area contributed by atoms with E-state index in [1.54, 1.807) is 13.0 Å². The molecule has 0 saturated carbocycles. The van der Waals surface area contributed by atoms with Crippen molar-refractivity contribution in [1.29, 1.82) is 0 Å². The molecule has 102 valence electrons. The summed E-state index contributed by atoms with van der Waals surface area (Å²) < 4.78 is 43.2. The van der Waals surface area contributed by atoms with E-state index < -0.39 is 24.6 Å². The van der Waals surface area contributed by atoms with Gasteiger partial charge >= 0.3 is 12.1 Å². The minimum absolute atomic E-state index is 0.0141. The lowest BCUT2D eigenvalue weighted by Crippen LogP contribution is -2.44. The smallest absolute Gasteiger partial charge is 0.404 e. The lowest BCUT2D eigenvalue weighted by Gasteiger charge is -2.28. The largest absolute Gasteiger partial charge is 0.481 e. The SMILES string of the molecule is Cc1occc1CN(C)C(CC(=O)O)C(F)(F)F. The Labute approximate surface area is 102 Å². The van der Waals surface area contributed by atoms with Gasteiger partial charge in [-0.25, -0.2) is 0 Å². The number of carboxylic acids is 1. The molecule has 4 nitrogen and oxygen atoms in total. The van der Waals surface area contributed by atoms with E-state index in [-0.39, 0.29) is 6.54 Å². The number of nitrogens with zero attached hydrogens (tertiary/aromatic N) is 1. The van der Waals surface area contributed by atoms with Gasteiger partial charge in [0.15, 0.2) is 0 Å². The van der Waals surface area contributed by atoms with Gasteiger partial charge in [-0.1, -0.05) is 0 Å². The van der Waals surface area contributed by atoms with Crippen molar-refractivity contribution in [2.75, 3.05) is 7.05 Å². The summed E-state index contributed by atoms with van der Waals surface area (Å²) in [5.41, 5.74) is 0.608. The molecule has 1 heterocycles. The average Bonchev–Trinajstić information content (AvgIpc) is 2.59. The molecule has 1 N–H and O–H groups in total. The van der Waals surface area contributed by atoms with Crippen LogP contribution in [0.15, 0.2) is 16.7 Å². The standard InChI is InChI=1S/C11H14F3NO3/c1-7-8(3-4-18-7)6-15(2)9(5-10(16)17)11(12,13)14/h3-4,9H,5-6H2,1-2H3,(H,16,17). The monoisotopic (exact) mass is 265 g/mol. The summed E-state index contributed by atoms with van der Waals surface area (Å²) in [5, 5.41) is 8.53. The van der Waals surface area contributed by atoms with E-state index in [2.05, 4.69) is 0 Å². The van der Waals surface area contributed by atoms with Crippen LogP contribution in [0.5, 0.6) is 0 Å². The van der Waals surface area contributed by atoms with E-state index >= 15 is 0 Å². The summed E-state index contributed by atoms with van der Waals surface area (Å²) in [6, 6.07) is -0.440. The number of carbonyl (C=O) groups is 1. The summed E-state index contributed by atoms with van der Waals surface area (Å²) in [6.07, 6.45) is -4.17. The van der Waals surface area contributed by atoms with Crippen LogP contribution < -0.4 is 0 Å². The van der Waals surface area contributed by atoms with Crippen LogP contribution in [-0.2, 0) is 11.3 Å². The first kappa shape index (κ1) is 14.6. The molecular weight excluding hydrogens is 251 g/mol. The third-order valence-corrected chi connectivity index (χ3v) is 2.66. The Morgan fingerprint density at radius 2 is 2.17 bits per heavy atom. The number of halogens is 3. The van der Waals surface area contributed by atoms with E-state index in [4.69, 9.17) is 9.52 Å². The van der Waals surface area contributed by atoms with Crippen LogP contribution in [0.1, 0.15) is 17.7 Å². The van der Waals surface area contributed by atoms with Gasteiger partial charge in [0.1, 0.15) is 11.8 Å². The number of hydrogen-bond acceptors (Lipinski definition) is 3. The molecule has 1 aromatic heterocycles. The van der Waals surface area contributed by atoms with Gasteiger partial charge in [-0.3, -0.25) is 9.69 Å². The van der Waals surface area contributed by atoms with Crippen molar-refractivity contribution in [1.82, 2.24) is 4.90 Å². The number of aryl methyl sites for hydroxylation is 1. The minimum Gasteiger partial charge on any atom is -0.481 e. The van der Waals surface area contributed by atoms with Crippen LogP contribution in [0.4, 0.5) is 13.2 Å². The fourth-order valence-corrected chi connectivity index (χ4v) is 1.64. The molecule has 0 fully saturated rings. The van der Waals surface area contributed by atoms with Crippen molar-refractivity contribution >= 4 is 5.97 Å². The van der Waals surface area contributed by atoms with Crippen LogP contribution in [0, 0.1) is 6.92 Å². The van der Waals surface area contributed by atoms with E-state index in [1.165, 1.54) is 13.3 Å². The van der Waals surface area contributed by atoms with Gasteiger partial charge in [0.05, 0.1) is 12.7 Å². The molecule has 0 aliphatic carbocycles. The summed E-state index contributed by atoms with van der Waals surface area (Å²) in [6.45, 7) is 1.63. The predicted molar refractivity (Wildman–Crippen MR) is 57.0 cm³/mol. The first-order valence-electron chi connectivity index (χ1n) is 5.23. The highest BCUT2D eigenvalue weighted by Crippen LogP contribution is 2.28. The maximum Gasteiger partial charge on any atom is 0.404 e. The second kappa shape index (κ2) is 5.43. The second-order valence-electron chi connectivity index (χ2n) is 4.07. The minimum atomic E-state index is -4.58. The Hall–Kier alpha value is -1.50. The number of aliphatic carboxylic acids is 1. The highest BCUT2D eigenvalue weighted by atomic mass is 19.4. The molecule has 1 rings (SSSR count). The highest BCUT2D eigenvalue weighted by molar-refractivity contribution is 5.67. The van der Waals surface area contributed by atoms with Crippen LogP contribution >= 0.6 is 0 Å². The van der Waals surface area contributed by atoms with Crippen LogP contribution in [-0.4, -0.2) is 35.2 Å². The van der Waals surface area contributed by atoms with Crippen LogP contribution in [0.25, 0.3) is 0 Å². The first-order chi connectivity index (χ1) is 8.21. The van der Waals surface area contributed by atoms with E-state index in [1.807, 2.05) is 0 Å². The summed E-state index contributed by atoms with van der Waals surface area (Å²) in [7, 11) is 1.24. The molecule has 7 heteroatoms. The predicted octanol–water partition coefficient (Wildman–Crippen LogP) is 2.43. The van der Waals surface area contributed by atoms with Gasteiger partial charge in [-0.2, -0.15) is 13.2 Å². The molecule has 1 aromatic rings. The molecule has 0 radical (unpaired) electrons. The Morgan fingerprint density at radius 1 is 1.56 bits per heavy atom. The molecule has 0 aliphatic heterocycles. The Kier molecular flexibility index (Phi) is 4.39. The molecule has 0 saturated heterocycles. The van der Waals surface area contributed by atoms with Gasteiger partial charge in [0.2, 0.25) is 0 Å². The molecule has 0 spiro atoms. The lowest BCUT2D eigenvalue weighted by molar-refractivity contribution is -0.188. The summed E-state index contributed by atoms with van der Waals surface area (Å²) >= 11 is 0. The third kappa shape index (κ3) is 3.76. The van der Waals surface area contributed by atoms with Gasteiger partial charge in [-0.05, 0) is 20.0 Å². The maximum atomic E-state index is 12.7. The second-order valence-corrected chi connectivity index (χ2v) is 4.07. The Bertz CT molecular complexity index is 414. The van der Waals surface area contributed by atoms with Crippen molar-refractivity contribution in [2.45, 2.75) is 32.1 Å². The lowest BCUT2D eigenvalue weighted by atomic mass is 10.1. The molecule has 0 aromatic carbocycles. The Balaban J connectivity index is 2.80. The normalized spacial score (nSPS) is 13.9. The van der Waals surface area contributed by atoms with Gasteiger partial charge in [0.25, 0.3) is 0 Å². The van der Waals surface area contributed by atoms with Gasteiger partial charge in [0, 0.05) is 12.1 Å². The van der Waals surface area contributed by atoms with Gasteiger partial charge < -0.3 is 9.52 Å². The van der Waals surface area contributed by atoms with Crippen molar-refractivity contribution < 1.29 is 27.5 Å². The number of furan rings is 1. The number of hydrogen-bond donors (Lipinski definition) is 1. The van der Waals surface area contributed by atoms with E-state index in [9.17, 15) is 18.0 Å². The number of alkyl halides is 3. The van der Waals surface area contributed by atoms with Crippen LogP contribution in [0.3, 0.4) is 0 Å². The zero-order chi connectivity index (χ0) is 13.9. The number of carboxylic acid groups (broad SMARTS) is 1. The molecule has 18 heavy (non-hydrogen) atoms. The van der Waals surface area contributed by atoms with Crippen molar-refractivity contribution in [3.63, 3.8) is 0 Å². The fraction of sp³-hybridized carbons (Fsp3) is 0.545. The number of rotatable bonds is 5.